The van der Waals surface area contributed by atoms with Crippen molar-refractivity contribution in [3.63, 3.8) is 0 Å². The van der Waals surface area contributed by atoms with Gasteiger partial charge in [0.2, 0.25) is 0 Å². The number of phenols is 2. The van der Waals surface area contributed by atoms with Crippen molar-refractivity contribution in [1.29, 1.82) is 0 Å². The molecule has 0 aliphatic carbocycles. The smallest absolute Gasteiger partial charge is 0.115 e. The van der Waals surface area contributed by atoms with Crippen LogP contribution in [0.3, 0.4) is 0 Å². The normalized spacial score (nSPS) is 13.1. The van der Waals surface area contributed by atoms with Gasteiger partial charge in [0.25, 0.3) is 0 Å². The molecule has 0 atom stereocenters. The topological polar surface area (TPSA) is 40.5 Å². The average molecular weight is 230 g/mol. The Bertz CT molecular complexity index is 604. The summed E-state index contributed by atoms with van der Waals surface area (Å²) >= 11 is 0. The first-order valence-electron chi connectivity index (χ1n) is 6.43. The monoisotopic (exact) mass is 230 g/mol. The van der Waals surface area contributed by atoms with Crippen molar-refractivity contribution in [3.8, 4) is 11.5 Å². The first-order chi connectivity index (χ1) is 8.84. The summed E-state index contributed by atoms with van der Waals surface area (Å²) in [5.74, 6) is 0.00721. The highest BCUT2D eigenvalue weighted by molar-refractivity contribution is 5.41. The predicted octanol–water partition coefficient (Wildman–Crippen LogP) is 3.42. The number of hydrogen-bond acceptors (Lipinski definition) is 2. The predicted molar refractivity (Wildman–Crippen MR) is 68.3 cm³/mol. The second kappa shape index (κ2) is 4.13. The van der Waals surface area contributed by atoms with Crippen LogP contribution in [0.1, 0.15) is 27.7 Å². The lowest BCUT2D eigenvalue weighted by molar-refractivity contribution is 0.474. The molecule has 0 aliphatic heterocycles. The van der Waals surface area contributed by atoms with E-state index in [2.05, 4.69) is 0 Å². The van der Waals surface area contributed by atoms with E-state index in [9.17, 15) is 10.2 Å². The minimum absolute atomic E-state index is 0.0260. The van der Waals surface area contributed by atoms with Gasteiger partial charge in [-0.2, -0.15) is 0 Å². The molecule has 2 aromatic carbocycles. The van der Waals surface area contributed by atoms with E-state index in [1.165, 1.54) is 6.07 Å². The maximum atomic E-state index is 9.46. The van der Waals surface area contributed by atoms with E-state index in [0.717, 1.165) is 5.56 Å². The maximum Gasteiger partial charge on any atom is 0.115 e. The summed E-state index contributed by atoms with van der Waals surface area (Å²) in [5.41, 5.74) is 1.12. The van der Waals surface area contributed by atoms with Gasteiger partial charge in [-0.3, -0.25) is 0 Å². The lowest BCUT2D eigenvalue weighted by atomic mass is 9.78. The van der Waals surface area contributed by atoms with Gasteiger partial charge in [0.1, 0.15) is 11.5 Å². The Labute approximate surface area is 104 Å². The highest BCUT2D eigenvalue weighted by atomic mass is 16.3. The summed E-state index contributed by atoms with van der Waals surface area (Å²) in [4.78, 5) is 0. The first-order valence-corrected chi connectivity index (χ1v) is 5.43. The Morgan fingerprint density at radius 2 is 1.35 bits per heavy atom. The van der Waals surface area contributed by atoms with Crippen molar-refractivity contribution >= 4 is 0 Å². The quantitative estimate of drug-likeness (QED) is 0.829. The van der Waals surface area contributed by atoms with E-state index >= 15 is 0 Å². The molecule has 0 amide bonds. The minimum atomic E-state index is -0.478. The molecule has 2 nitrogen and oxygen atoms in total. The Balaban J connectivity index is 2.56. The number of hydrogen-bond donors (Lipinski definition) is 2. The van der Waals surface area contributed by atoms with Gasteiger partial charge in [-0.15, -0.1) is 0 Å². The molecule has 0 bridgehead atoms. The zero-order chi connectivity index (χ0) is 14.2. The van der Waals surface area contributed by atoms with Crippen molar-refractivity contribution in [3.05, 3.63) is 59.6 Å². The Kier molecular flexibility index (Phi) is 2.21. The number of phenolic OH excluding ortho intramolecular Hbond substituents is 2. The summed E-state index contributed by atoms with van der Waals surface area (Å²) in [6, 6.07) is 9.77. The standard InChI is InChI=1S/C15H16O2/c1-15(2,11-3-7-13(16)8-4-11)12-5-9-14(17)10-6-12/h3-10,16-17H,1-2H3/i3D,7D. The molecule has 0 unspecified atom stereocenters. The van der Waals surface area contributed by atoms with Crippen molar-refractivity contribution in [2.45, 2.75) is 19.3 Å². The third kappa shape index (κ3) is 2.26. The molecule has 0 aliphatic rings. The number of rotatable bonds is 2. The third-order valence-corrected chi connectivity index (χ3v) is 3.00. The molecule has 2 rings (SSSR count). The van der Waals surface area contributed by atoms with E-state index in [1.807, 2.05) is 13.8 Å². The summed E-state index contributed by atoms with van der Waals surface area (Å²) in [5, 5.41) is 18.8. The maximum absolute atomic E-state index is 9.46. The highest BCUT2D eigenvalue weighted by Crippen LogP contribution is 2.32. The van der Waals surface area contributed by atoms with Gasteiger partial charge < -0.3 is 10.2 Å². The molecular formula is C15H16O2. The largest absolute Gasteiger partial charge is 0.508 e. The highest BCUT2D eigenvalue weighted by Gasteiger charge is 2.22. The van der Waals surface area contributed by atoms with Gasteiger partial charge in [-0.1, -0.05) is 38.1 Å². The molecule has 88 valence electrons. The average Bonchev–Trinajstić information content (AvgIpc) is 2.36. The lowest BCUT2D eigenvalue weighted by Gasteiger charge is -2.26. The van der Waals surface area contributed by atoms with Crippen molar-refractivity contribution in [2.24, 2.45) is 0 Å². The number of aromatic hydroxyl groups is 2. The fourth-order valence-electron chi connectivity index (χ4n) is 1.78. The van der Waals surface area contributed by atoms with E-state index in [1.54, 1.807) is 30.3 Å². The molecule has 2 heteroatoms. The lowest BCUT2D eigenvalue weighted by Crippen LogP contribution is -2.18. The molecule has 0 aromatic heterocycles. The van der Waals surface area contributed by atoms with Crippen LogP contribution in [-0.2, 0) is 5.41 Å². The molecule has 2 N–H and O–H groups in total. The molecule has 0 saturated heterocycles. The van der Waals surface area contributed by atoms with Crippen LogP contribution < -0.4 is 0 Å². The molecule has 0 fully saturated rings. The van der Waals surface area contributed by atoms with Crippen LogP contribution in [0.2, 0.25) is 0 Å². The van der Waals surface area contributed by atoms with Gasteiger partial charge >= 0.3 is 0 Å². The molecule has 0 saturated carbocycles. The second-order valence-electron chi connectivity index (χ2n) is 4.55. The van der Waals surface area contributed by atoms with Crippen LogP contribution in [0, 0.1) is 0 Å². The van der Waals surface area contributed by atoms with Gasteiger partial charge in [0.15, 0.2) is 0 Å². The molecule has 0 radical (unpaired) electrons. The Morgan fingerprint density at radius 3 is 2.00 bits per heavy atom. The fraction of sp³-hybridized carbons (Fsp3) is 0.200. The second-order valence-corrected chi connectivity index (χ2v) is 4.55. The van der Waals surface area contributed by atoms with E-state index < -0.39 is 5.41 Å². The molecule has 17 heavy (non-hydrogen) atoms. The van der Waals surface area contributed by atoms with Crippen LogP contribution in [0.5, 0.6) is 11.5 Å². The van der Waals surface area contributed by atoms with Crippen LogP contribution in [0.25, 0.3) is 0 Å². The Hall–Kier alpha value is -1.96. The van der Waals surface area contributed by atoms with Gasteiger partial charge in [0, 0.05) is 5.41 Å². The van der Waals surface area contributed by atoms with Crippen LogP contribution in [0.4, 0.5) is 0 Å². The molecule has 2 aromatic rings. The molecular weight excluding hydrogens is 212 g/mol. The summed E-state index contributed by atoms with van der Waals surface area (Å²) < 4.78 is 15.7. The Morgan fingerprint density at radius 1 is 0.824 bits per heavy atom. The van der Waals surface area contributed by atoms with E-state index in [4.69, 9.17) is 2.74 Å². The molecule has 0 spiro atoms. The van der Waals surface area contributed by atoms with Gasteiger partial charge in [-0.25, -0.2) is 0 Å². The van der Waals surface area contributed by atoms with Crippen LogP contribution in [-0.4, -0.2) is 10.2 Å². The summed E-state index contributed by atoms with van der Waals surface area (Å²) in [6.45, 7) is 3.90. The zero-order valence-corrected chi connectivity index (χ0v) is 9.86. The van der Waals surface area contributed by atoms with E-state index in [0.29, 0.717) is 5.56 Å². The molecule has 0 heterocycles. The van der Waals surface area contributed by atoms with Gasteiger partial charge in [0.05, 0.1) is 2.74 Å². The van der Waals surface area contributed by atoms with E-state index in [-0.39, 0.29) is 23.6 Å². The summed E-state index contributed by atoms with van der Waals surface area (Å²) in [6.07, 6.45) is 0. The fourth-order valence-corrected chi connectivity index (χ4v) is 1.78. The SMILES string of the molecule is [2H]c1c(O)ccc(C(C)(C)c2ccc(O)cc2)c1[2H]. The van der Waals surface area contributed by atoms with Crippen molar-refractivity contribution in [1.82, 2.24) is 0 Å². The number of benzene rings is 2. The van der Waals surface area contributed by atoms with Crippen LogP contribution in [0.15, 0.2) is 48.5 Å². The van der Waals surface area contributed by atoms with Crippen molar-refractivity contribution < 1.29 is 13.0 Å². The van der Waals surface area contributed by atoms with Crippen molar-refractivity contribution in [2.75, 3.05) is 0 Å². The first kappa shape index (κ1) is 9.11. The van der Waals surface area contributed by atoms with Crippen LogP contribution >= 0.6 is 0 Å². The third-order valence-electron chi connectivity index (χ3n) is 3.00. The van der Waals surface area contributed by atoms with Gasteiger partial charge in [-0.05, 0) is 35.4 Å². The zero-order valence-electron chi connectivity index (χ0n) is 11.9. The summed E-state index contributed by atoms with van der Waals surface area (Å²) in [7, 11) is 0. The minimum Gasteiger partial charge on any atom is -0.508 e.